The molecule has 1 atom stereocenters. The fourth-order valence-corrected chi connectivity index (χ4v) is 4.07. The highest BCUT2D eigenvalue weighted by Gasteiger charge is 2.29. The fraction of sp³-hybridized carbons (Fsp3) is 0.462. The van der Waals surface area contributed by atoms with Crippen molar-refractivity contribution in [1.29, 1.82) is 0 Å². The molecule has 0 aromatic heterocycles. The van der Waals surface area contributed by atoms with Crippen LogP contribution in [0.25, 0.3) is 0 Å². The summed E-state index contributed by atoms with van der Waals surface area (Å²) in [7, 11) is -2.99. The molecule has 8 heteroatoms. The summed E-state index contributed by atoms with van der Waals surface area (Å²) in [5.74, 6) is -0.442. The van der Waals surface area contributed by atoms with E-state index in [1.165, 1.54) is 24.3 Å². The van der Waals surface area contributed by atoms with E-state index in [2.05, 4.69) is 0 Å². The standard InChI is InChI=1S/C13H15NO6S/c15-13(7-11-5-6-21(18,19)9-11)20-8-10-1-3-12(4-2-10)14(16)17/h1-4,11H,5-9H2/t11-/m1/s1. The van der Waals surface area contributed by atoms with Gasteiger partial charge in [0.2, 0.25) is 0 Å². The second kappa shape index (κ2) is 6.21. The number of nitro benzene ring substituents is 1. The zero-order valence-electron chi connectivity index (χ0n) is 11.2. The van der Waals surface area contributed by atoms with Gasteiger partial charge in [-0.25, -0.2) is 8.42 Å². The molecule has 0 N–H and O–H groups in total. The van der Waals surface area contributed by atoms with Crippen LogP contribution < -0.4 is 0 Å². The Labute approximate surface area is 122 Å². The van der Waals surface area contributed by atoms with E-state index in [9.17, 15) is 23.3 Å². The van der Waals surface area contributed by atoms with Gasteiger partial charge >= 0.3 is 5.97 Å². The Balaban J connectivity index is 1.80. The maximum absolute atomic E-state index is 11.6. The Hall–Kier alpha value is -1.96. The number of esters is 1. The van der Waals surface area contributed by atoms with Crippen LogP contribution in [0.3, 0.4) is 0 Å². The predicted molar refractivity (Wildman–Crippen MR) is 74.3 cm³/mol. The van der Waals surface area contributed by atoms with Gasteiger partial charge in [0, 0.05) is 18.6 Å². The number of rotatable bonds is 5. The SMILES string of the molecule is O=C(C[C@H]1CCS(=O)(=O)C1)OCc1ccc([N+](=O)[O-])cc1. The summed E-state index contributed by atoms with van der Waals surface area (Å²) in [5.41, 5.74) is 0.620. The minimum atomic E-state index is -2.99. The number of hydrogen-bond acceptors (Lipinski definition) is 6. The highest BCUT2D eigenvalue weighted by Crippen LogP contribution is 2.22. The largest absolute Gasteiger partial charge is 0.461 e. The number of carbonyl (C=O) groups excluding carboxylic acids is 1. The van der Waals surface area contributed by atoms with Gasteiger partial charge < -0.3 is 4.74 Å². The molecule has 2 rings (SSSR count). The molecule has 1 aliphatic rings. The van der Waals surface area contributed by atoms with Gasteiger partial charge in [-0.2, -0.15) is 0 Å². The van der Waals surface area contributed by atoms with Crippen molar-refractivity contribution < 1.29 is 22.9 Å². The predicted octanol–water partition coefficient (Wildman–Crippen LogP) is 1.46. The van der Waals surface area contributed by atoms with E-state index in [0.717, 1.165) is 0 Å². The molecule has 0 aliphatic carbocycles. The van der Waals surface area contributed by atoms with E-state index in [0.29, 0.717) is 12.0 Å². The van der Waals surface area contributed by atoms with Crippen molar-refractivity contribution in [3.63, 3.8) is 0 Å². The quantitative estimate of drug-likeness (QED) is 0.463. The molecule has 0 unspecified atom stereocenters. The molecule has 21 heavy (non-hydrogen) atoms. The number of carbonyl (C=O) groups is 1. The lowest BCUT2D eigenvalue weighted by molar-refractivity contribution is -0.384. The van der Waals surface area contributed by atoms with Crippen LogP contribution in [0.5, 0.6) is 0 Å². The summed E-state index contributed by atoms with van der Waals surface area (Å²) in [4.78, 5) is 21.6. The first-order valence-corrected chi connectivity index (χ1v) is 8.27. The minimum absolute atomic E-state index is 0.0241. The van der Waals surface area contributed by atoms with E-state index in [1.807, 2.05) is 0 Å². The molecule has 0 bridgehead atoms. The normalized spacial score (nSPS) is 20.1. The summed E-state index contributed by atoms with van der Waals surface area (Å²) in [5, 5.41) is 10.5. The Morgan fingerprint density at radius 3 is 2.52 bits per heavy atom. The third-order valence-corrected chi connectivity index (χ3v) is 5.17. The Morgan fingerprint density at radius 1 is 1.33 bits per heavy atom. The third kappa shape index (κ3) is 4.52. The van der Waals surface area contributed by atoms with Gasteiger partial charge in [-0.1, -0.05) is 0 Å². The average molecular weight is 313 g/mol. The molecule has 114 valence electrons. The van der Waals surface area contributed by atoms with Crippen LogP contribution in [0, 0.1) is 16.0 Å². The van der Waals surface area contributed by atoms with Crippen LogP contribution in [-0.4, -0.2) is 30.8 Å². The summed E-state index contributed by atoms with van der Waals surface area (Å²) in [6.45, 7) is 0.0241. The van der Waals surface area contributed by atoms with Crippen molar-refractivity contribution in [3.8, 4) is 0 Å². The van der Waals surface area contributed by atoms with Crippen LogP contribution in [0.15, 0.2) is 24.3 Å². The van der Waals surface area contributed by atoms with E-state index in [-0.39, 0.29) is 36.1 Å². The van der Waals surface area contributed by atoms with Crippen molar-refractivity contribution in [2.45, 2.75) is 19.4 Å². The van der Waals surface area contributed by atoms with Gasteiger partial charge in [0.25, 0.3) is 5.69 Å². The highest BCUT2D eigenvalue weighted by atomic mass is 32.2. The number of nitrogens with zero attached hydrogens (tertiary/aromatic N) is 1. The summed E-state index contributed by atoms with van der Waals surface area (Å²) in [6.07, 6.45) is 0.585. The topological polar surface area (TPSA) is 104 Å². The van der Waals surface area contributed by atoms with E-state index in [1.54, 1.807) is 0 Å². The number of benzene rings is 1. The smallest absolute Gasteiger partial charge is 0.306 e. The van der Waals surface area contributed by atoms with Crippen LogP contribution in [-0.2, 0) is 26.0 Å². The van der Waals surface area contributed by atoms with Gasteiger partial charge in [0.15, 0.2) is 9.84 Å². The molecular weight excluding hydrogens is 298 g/mol. The van der Waals surface area contributed by atoms with Crippen LogP contribution in [0.2, 0.25) is 0 Å². The van der Waals surface area contributed by atoms with Crippen LogP contribution in [0.1, 0.15) is 18.4 Å². The number of sulfone groups is 1. The van der Waals surface area contributed by atoms with Gasteiger partial charge in [0.1, 0.15) is 6.61 Å². The molecule has 0 amide bonds. The lowest BCUT2D eigenvalue weighted by Crippen LogP contribution is -2.13. The maximum Gasteiger partial charge on any atom is 0.306 e. The lowest BCUT2D eigenvalue weighted by atomic mass is 10.1. The number of non-ortho nitro benzene ring substituents is 1. The molecule has 0 spiro atoms. The molecular formula is C13H15NO6S. The van der Waals surface area contributed by atoms with E-state index >= 15 is 0 Å². The minimum Gasteiger partial charge on any atom is -0.461 e. The Bertz CT molecular complexity index is 637. The van der Waals surface area contributed by atoms with Gasteiger partial charge in [-0.05, 0) is 30.0 Å². The zero-order valence-corrected chi connectivity index (χ0v) is 12.0. The van der Waals surface area contributed by atoms with Gasteiger partial charge in [0.05, 0.1) is 16.4 Å². The zero-order chi connectivity index (χ0) is 15.5. The molecule has 0 radical (unpaired) electrons. The second-order valence-electron chi connectivity index (χ2n) is 5.06. The summed E-state index contributed by atoms with van der Waals surface area (Å²) in [6, 6.07) is 5.72. The van der Waals surface area contributed by atoms with Gasteiger partial charge in [-0.15, -0.1) is 0 Å². The molecule has 0 saturated carbocycles. The summed E-state index contributed by atoms with van der Waals surface area (Å²) < 4.78 is 27.6. The molecule has 1 aromatic carbocycles. The Kier molecular flexibility index (Phi) is 4.56. The third-order valence-electron chi connectivity index (χ3n) is 3.33. The first-order valence-electron chi connectivity index (χ1n) is 6.45. The average Bonchev–Trinajstić information content (AvgIpc) is 2.76. The highest BCUT2D eigenvalue weighted by molar-refractivity contribution is 7.91. The van der Waals surface area contributed by atoms with Crippen molar-refractivity contribution in [2.75, 3.05) is 11.5 Å². The molecule has 1 heterocycles. The van der Waals surface area contributed by atoms with Crippen molar-refractivity contribution in [1.82, 2.24) is 0 Å². The van der Waals surface area contributed by atoms with Crippen molar-refractivity contribution in [2.24, 2.45) is 5.92 Å². The van der Waals surface area contributed by atoms with Crippen molar-refractivity contribution in [3.05, 3.63) is 39.9 Å². The molecule has 1 aliphatic heterocycles. The fourth-order valence-electron chi connectivity index (χ4n) is 2.21. The van der Waals surface area contributed by atoms with E-state index in [4.69, 9.17) is 4.74 Å². The number of ether oxygens (including phenoxy) is 1. The monoisotopic (exact) mass is 313 g/mol. The van der Waals surface area contributed by atoms with Crippen LogP contribution >= 0.6 is 0 Å². The Morgan fingerprint density at radius 2 is 2.00 bits per heavy atom. The number of nitro groups is 1. The maximum atomic E-state index is 11.6. The molecule has 1 aromatic rings. The first-order chi connectivity index (χ1) is 9.85. The number of hydrogen-bond donors (Lipinski definition) is 0. The second-order valence-corrected chi connectivity index (χ2v) is 7.29. The van der Waals surface area contributed by atoms with Gasteiger partial charge in [-0.3, -0.25) is 14.9 Å². The van der Waals surface area contributed by atoms with E-state index < -0.39 is 20.7 Å². The molecule has 1 saturated heterocycles. The molecule has 1 fully saturated rings. The first kappa shape index (κ1) is 15.4. The van der Waals surface area contributed by atoms with Crippen molar-refractivity contribution >= 4 is 21.5 Å². The lowest BCUT2D eigenvalue weighted by Gasteiger charge is -2.08. The van der Waals surface area contributed by atoms with Crippen LogP contribution in [0.4, 0.5) is 5.69 Å². The molecule has 7 nitrogen and oxygen atoms in total. The summed E-state index contributed by atoms with van der Waals surface area (Å²) >= 11 is 0.